The van der Waals surface area contributed by atoms with Crippen LogP contribution in [0.5, 0.6) is 0 Å². The lowest BCUT2D eigenvalue weighted by molar-refractivity contribution is 0.117. The third-order valence-electron chi connectivity index (χ3n) is 3.32. The molecule has 0 aromatic heterocycles. The minimum absolute atomic E-state index is 0.133. The molecule has 0 heterocycles. The highest BCUT2D eigenvalue weighted by molar-refractivity contribution is 6.30. The first-order valence-corrected chi connectivity index (χ1v) is 6.15. The van der Waals surface area contributed by atoms with Crippen LogP contribution in [0.4, 0.5) is 4.39 Å². The lowest BCUT2D eigenvalue weighted by atomic mass is 9.80. The van der Waals surface area contributed by atoms with Gasteiger partial charge in [-0.15, -0.1) is 0 Å². The Labute approximate surface area is 100 Å². The summed E-state index contributed by atoms with van der Waals surface area (Å²) in [6.45, 7) is 0. The van der Waals surface area contributed by atoms with E-state index in [0.717, 1.165) is 6.42 Å². The van der Waals surface area contributed by atoms with Crippen LogP contribution >= 0.6 is 11.6 Å². The quantitative estimate of drug-likeness (QED) is 0.856. The summed E-state index contributed by atoms with van der Waals surface area (Å²) >= 11 is 5.68. The van der Waals surface area contributed by atoms with E-state index in [4.69, 9.17) is 11.6 Å². The van der Waals surface area contributed by atoms with Gasteiger partial charge in [-0.25, -0.2) is 4.39 Å². The highest BCUT2D eigenvalue weighted by atomic mass is 35.5. The Morgan fingerprint density at radius 1 is 1.44 bits per heavy atom. The summed E-state index contributed by atoms with van der Waals surface area (Å²) < 4.78 is 13.6. The third-order valence-corrected chi connectivity index (χ3v) is 3.61. The number of aliphatic hydroxyl groups is 1. The molecule has 0 bridgehead atoms. The summed E-state index contributed by atoms with van der Waals surface area (Å²) in [5.74, 6) is 0.245. The van der Waals surface area contributed by atoms with Crippen LogP contribution in [-0.2, 0) is 6.42 Å². The van der Waals surface area contributed by atoms with Crippen molar-refractivity contribution in [1.29, 1.82) is 0 Å². The standard InChI is InChI=1S/C13H16ClFO/c14-12-6-2-5-10(13(12)15)8-11(16)7-9-3-1-4-9/h2,5-6,9,11,16H,1,3-4,7-8H2. The molecule has 16 heavy (non-hydrogen) atoms. The molecule has 1 N–H and O–H groups in total. The Morgan fingerprint density at radius 3 is 2.81 bits per heavy atom. The van der Waals surface area contributed by atoms with Crippen LogP contribution in [0.2, 0.25) is 5.02 Å². The Kier molecular flexibility index (Phi) is 3.82. The number of hydrogen-bond donors (Lipinski definition) is 1. The van der Waals surface area contributed by atoms with Gasteiger partial charge in [0.15, 0.2) is 0 Å². The highest BCUT2D eigenvalue weighted by Crippen LogP contribution is 2.31. The smallest absolute Gasteiger partial charge is 0.145 e. The van der Waals surface area contributed by atoms with Crippen LogP contribution in [0.3, 0.4) is 0 Å². The number of rotatable bonds is 4. The molecule has 0 radical (unpaired) electrons. The van der Waals surface area contributed by atoms with Crippen LogP contribution in [0.1, 0.15) is 31.2 Å². The van der Waals surface area contributed by atoms with Crippen LogP contribution in [0.15, 0.2) is 18.2 Å². The number of benzene rings is 1. The summed E-state index contributed by atoms with van der Waals surface area (Å²) in [7, 11) is 0. The van der Waals surface area contributed by atoms with Gasteiger partial charge in [0.1, 0.15) is 5.82 Å². The van der Waals surface area contributed by atoms with Crippen LogP contribution < -0.4 is 0 Å². The van der Waals surface area contributed by atoms with Gasteiger partial charge in [0.25, 0.3) is 0 Å². The SMILES string of the molecule is OC(Cc1cccc(Cl)c1F)CC1CCC1. The molecule has 1 unspecified atom stereocenters. The maximum Gasteiger partial charge on any atom is 0.145 e. The molecular formula is C13H16ClFO. The first kappa shape index (κ1) is 11.9. The summed E-state index contributed by atoms with van der Waals surface area (Å²) in [6, 6.07) is 4.93. The van der Waals surface area contributed by atoms with Gasteiger partial charge in [-0.1, -0.05) is 43.0 Å². The predicted octanol–water partition coefficient (Wildman–Crippen LogP) is 3.57. The van der Waals surface area contributed by atoms with Crippen LogP contribution in [-0.4, -0.2) is 11.2 Å². The first-order valence-electron chi connectivity index (χ1n) is 5.77. The molecule has 0 amide bonds. The van der Waals surface area contributed by atoms with E-state index in [2.05, 4.69) is 0 Å². The van der Waals surface area contributed by atoms with E-state index in [1.807, 2.05) is 0 Å². The molecular weight excluding hydrogens is 227 g/mol. The second-order valence-corrected chi connectivity index (χ2v) is 5.01. The van der Waals surface area contributed by atoms with E-state index in [1.54, 1.807) is 12.1 Å². The fraction of sp³-hybridized carbons (Fsp3) is 0.538. The van der Waals surface area contributed by atoms with Crippen molar-refractivity contribution in [3.8, 4) is 0 Å². The van der Waals surface area contributed by atoms with Gasteiger partial charge in [-0.2, -0.15) is 0 Å². The van der Waals surface area contributed by atoms with Gasteiger partial charge in [0.2, 0.25) is 0 Å². The van der Waals surface area contributed by atoms with Crippen molar-refractivity contribution in [1.82, 2.24) is 0 Å². The summed E-state index contributed by atoms with van der Waals surface area (Å²) in [4.78, 5) is 0. The molecule has 3 heteroatoms. The van der Waals surface area contributed by atoms with Crippen molar-refractivity contribution >= 4 is 11.6 Å². The third kappa shape index (κ3) is 2.74. The average molecular weight is 243 g/mol. The van der Waals surface area contributed by atoms with Gasteiger partial charge < -0.3 is 5.11 Å². The molecule has 1 aliphatic carbocycles. The van der Waals surface area contributed by atoms with Crippen molar-refractivity contribution in [2.24, 2.45) is 5.92 Å². The van der Waals surface area contributed by atoms with E-state index in [0.29, 0.717) is 17.9 Å². The van der Waals surface area contributed by atoms with Crippen molar-refractivity contribution < 1.29 is 9.50 Å². The summed E-state index contributed by atoms with van der Waals surface area (Å²) in [5.41, 5.74) is 0.513. The van der Waals surface area contributed by atoms with Gasteiger partial charge in [0.05, 0.1) is 11.1 Å². The van der Waals surface area contributed by atoms with Crippen molar-refractivity contribution in [3.63, 3.8) is 0 Å². The zero-order valence-corrected chi connectivity index (χ0v) is 9.88. The Hall–Kier alpha value is -0.600. The number of hydrogen-bond acceptors (Lipinski definition) is 1. The van der Waals surface area contributed by atoms with Gasteiger partial charge in [-0.05, 0) is 24.0 Å². The zero-order chi connectivity index (χ0) is 11.5. The lowest BCUT2D eigenvalue weighted by Crippen LogP contribution is -2.21. The lowest BCUT2D eigenvalue weighted by Gasteiger charge is -2.27. The monoisotopic (exact) mass is 242 g/mol. The predicted molar refractivity (Wildman–Crippen MR) is 63.1 cm³/mol. The fourth-order valence-corrected chi connectivity index (χ4v) is 2.35. The Bertz CT molecular complexity index is 363. The molecule has 88 valence electrons. The average Bonchev–Trinajstić information content (AvgIpc) is 2.19. The van der Waals surface area contributed by atoms with Crippen LogP contribution in [0.25, 0.3) is 0 Å². The van der Waals surface area contributed by atoms with Gasteiger partial charge in [-0.3, -0.25) is 0 Å². The largest absolute Gasteiger partial charge is 0.393 e. The van der Waals surface area contributed by atoms with E-state index in [9.17, 15) is 9.50 Å². The van der Waals surface area contributed by atoms with Gasteiger partial charge >= 0.3 is 0 Å². The number of aliphatic hydroxyl groups excluding tert-OH is 1. The minimum atomic E-state index is -0.446. The maximum absolute atomic E-state index is 13.6. The molecule has 1 atom stereocenters. The highest BCUT2D eigenvalue weighted by Gasteiger charge is 2.21. The molecule has 1 aromatic rings. The molecule has 1 nitrogen and oxygen atoms in total. The molecule has 1 aliphatic rings. The Morgan fingerprint density at radius 2 is 2.19 bits per heavy atom. The zero-order valence-electron chi connectivity index (χ0n) is 9.13. The van der Waals surface area contributed by atoms with E-state index < -0.39 is 11.9 Å². The Balaban J connectivity index is 1.94. The van der Waals surface area contributed by atoms with Crippen molar-refractivity contribution in [3.05, 3.63) is 34.6 Å². The molecule has 2 rings (SSSR count). The topological polar surface area (TPSA) is 20.2 Å². The minimum Gasteiger partial charge on any atom is -0.393 e. The van der Waals surface area contributed by atoms with Crippen molar-refractivity contribution in [2.45, 2.75) is 38.2 Å². The van der Waals surface area contributed by atoms with Crippen LogP contribution in [0, 0.1) is 11.7 Å². The second-order valence-electron chi connectivity index (χ2n) is 4.60. The molecule has 1 saturated carbocycles. The summed E-state index contributed by atoms with van der Waals surface area (Å²) in [5, 5.41) is 9.98. The van der Waals surface area contributed by atoms with E-state index in [-0.39, 0.29) is 5.02 Å². The molecule has 0 aliphatic heterocycles. The first-order chi connectivity index (χ1) is 7.66. The second kappa shape index (κ2) is 5.15. The fourth-order valence-electron chi connectivity index (χ4n) is 2.16. The molecule has 1 aromatic carbocycles. The normalized spacial score (nSPS) is 18.2. The maximum atomic E-state index is 13.6. The van der Waals surface area contributed by atoms with Gasteiger partial charge in [0, 0.05) is 6.42 Å². The molecule has 1 fully saturated rings. The van der Waals surface area contributed by atoms with E-state index >= 15 is 0 Å². The van der Waals surface area contributed by atoms with E-state index in [1.165, 1.54) is 25.3 Å². The number of halogens is 2. The molecule has 0 spiro atoms. The van der Waals surface area contributed by atoms with Crippen molar-refractivity contribution in [2.75, 3.05) is 0 Å². The molecule has 0 saturated heterocycles. The summed E-state index contributed by atoms with van der Waals surface area (Å²) in [6.07, 6.45) is 4.38.